The molecule has 0 aliphatic carbocycles. The molecular weight excluding hydrogens is 336 g/mol. The van der Waals surface area contributed by atoms with Crippen LogP contribution in [0.1, 0.15) is 30.5 Å². The highest BCUT2D eigenvalue weighted by molar-refractivity contribution is 7.91. The molecular formula is C16H17ClN2O3S. The van der Waals surface area contributed by atoms with Crippen molar-refractivity contribution >= 4 is 38.6 Å². The van der Waals surface area contributed by atoms with Gasteiger partial charge in [-0.25, -0.2) is 13.4 Å². The quantitative estimate of drug-likeness (QED) is 0.729. The van der Waals surface area contributed by atoms with E-state index in [-0.39, 0.29) is 11.7 Å². The Kier molecular flexibility index (Phi) is 3.46. The highest BCUT2D eigenvalue weighted by atomic mass is 35.5. The molecule has 1 aromatic carbocycles. The molecule has 5 nitrogen and oxygen atoms in total. The minimum atomic E-state index is -3.28. The number of amides is 1. The summed E-state index contributed by atoms with van der Waals surface area (Å²) in [5.41, 5.74) is 2.07. The monoisotopic (exact) mass is 352 g/mol. The number of rotatable bonds is 1. The predicted molar refractivity (Wildman–Crippen MR) is 90.3 cm³/mol. The van der Waals surface area contributed by atoms with Crippen molar-refractivity contribution in [3.63, 3.8) is 0 Å². The zero-order chi connectivity index (χ0) is 17.2. The number of fused-ring (bicyclic) bond motifs is 1. The molecule has 0 fully saturated rings. The zero-order valence-electron chi connectivity index (χ0n) is 13.3. The maximum Gasteiger partial charge on any atom is 0.276 e. The standard InChI is InChI=1S/C16H17ClN2O3S/c1-9-10(14(17)11-7-18-19(4)15(11)20)5-6-12-13(9)16(2,3)8-23(12,21)22/h5-7H,8H2,1-4H3/b14-11-. The molecule has 0 saturated heterocycles. The smallest absolute Gasteiger partial charge is 0.267 e. The lowest BCUT2D eigenvalue weighted by atomic mass is 9.82. The van der Waals surface area contributed by atoms with Crippen LogP contribution in [0.25, 0.3) is 5.03 Å². The number of hydrogen-bond donors (Lipinski definition) is 0. The Labute approximate surface area is 140 Å². The van der Waals surface area contributed by atoms with Crippen molar-refractivity contribution in [2.75, 3.05) is 12.8 Å². The van der Waals surface area contributed by atoms with Crippen LogP contribution in [-0.4, -0.2) is 38.3 Å². The number of halogens is 1. The van der Waals surface area contributed by atoms with E-state index < -0.39 is 15.3 Å². The molecule has 1 amide bonds. The van der Waals surface area contributed by atoms with Crippen molar-refractivity contribution in [1.29, 1.82) is 0 Å². The van der Waals surface area contributed by atoms with Gasteiger partial charge in [-0.2, -0.15) is 5.10 Å². The van der Waals surface area contributed by atoms with Crippen LogP contribution in [0.3, 0.4) is 0 Å². The Morgan fingerprint density at radius 1 is 1.35 bits per heavy atom. The van der Waals surface area contributed by atoms with E-state index in [1.807, 2.05) is 20.8 Å². The summed E-state index contributed by atoms with van der Waals surface area (Å²) in [5.74, 6) is -0.196. The molecule has 7 heteroatoms. The molecule has 0 spiro atoms. The van der Waals surface area contributed by atoms with Gasteiger partial charge in [-0.1, -0.05) is 31.5 Å². The highest BCUT2D eigenvalue weighted by Crippen LogP contribution is 2.44. The number of carbonyl (C=O) groups is 1. The van der Waals surface area contributed by atoms with Crippen molar-refractivity contribution in [2.45, 2.75) is 31.1 Å². The van der Waals surface area contributed by atoms with E-state index in [9.17, 15) is 13.2 Å². The van der Waals surface area contributed by atoms with Crippen LogP contribution in [0, 0.1) is 6.92 Å². The molecule has 122 valence electrons. The van der Waals surface area contributed by atoms with Crippen LogP contribution in [0.5, 0.6) is 0 Å². The summed E-state index contributed by atoms with van der Waals surface area (Å²) in [7, 11) is -1.72. The normalized spacial score (nSPS) is 23.3. The first kappa shape index (κ1) is 16.2. The maximum atomic E-state index is 12.3. The molecule has 0 atom stereocenters. The van der Waals surface area contributed by atoms with Gasteiger partial charge in [0.1, 0.15) is 0 Å². The van der Waals surface area contributed by atoms with Crippen molar-refractivity contribution in [2.24, 2.45) is 5.10 Å². The SMILES string of the molecule is Cc1c(/C(Cl)=C2\C=NN(C)C2=O)ccc2c1C(C)(C)CS2(=O)=O. The van der Waals surface area contributed by atoms with Gasteiger partial charge in [0.15, 0.2) is 9.84 Å². The number of hydrogen-bond acceptors (Lipinski definition) is 4. The first-order valence-corrected chi connectivity index (χ1v) is 9.18. The molecule has 2 aliphatic heterocycles. The van der Waals surface area contributed by atoms with Crippen molar-refractivity contribution in [3.8, 4) is 0 Å². The van der Waals surface area contributed by atoms with Crippen molar-refractivity contribution < 1.29 is 13.2 Å². The van der Waals surface area contributed by atoms with Crippen molar-refractivity contribution in [1.82, 2.24) is 5.01 Å². The summed E-state index contributed by atoms with van der Waals surface area (Å²) in [5, 5.41) is 5.43. The number of hydrazone groups is 1. The lowest BCUT2D eigenvalue weighted by molar-refractivity contribution is -0.124. The van der Waals surface area contributed by atoms with E-state index in [1.54, 1.807) is 19.2 Å². The molecule has 2 heterocycles. The molecule has 0 bridgehead atoms. The lowest BCUT2D eigenvalue weighted by Crippen LogP contribution is -2.20. The minimum Gasteiger partial charge on any atom is -0.267 e. The van der Waals surface area contributed by atoms with E-state index >= 15 is 0 Å². The summed E-state index contributed by atoms with van der Waals surface area (Å²) in [6, 6.07) is 3.26. The summed E-state index contributed by atoms with van der Waals surface area (Å²) in [6.45, 7) is 5.66. The first-order valence-electron chi connectivity index (χ1n) is 7.15. The maximum absolute atomic E-state index is 12.3. The predicted octanol–water partition coefficient (Wildman–Crippen LogP) is 2.47. The minimum absolute atomic E-state index is 0.0803. The topological polar surface area (TPSA) is 66.8 Å². The second-order valence-electron chi connectivity index (χ2n) is 6.56. The Morgan fingerprint density at radius 3 is 2.57 bits per heavy atom. The number of nitrogens with zero attached hydrogens (tertiary/aromatic N) is 2. The van der Waals surface area contributed by atoms with Gasteiger partial charge in [0.2, 0.25) is 0 Å². The zero-order valence-corrected chi connectivity index (χ0v) is 14.9. The lowest BCUT2D eigenvalue weighted by Gasteiger charge is -2.21. The van der Waals surface area contributed by atoms with E-state index in [2.05, 4.69) is 5.10 Å². The average molecular weight is 353 g/mol. The van der Waals surface area contributed by atoms with Crippen LogP contribution in [0.2, 0.25) is 0 Å². The van der Waals surface area contributed by atoms with E-state index in [1.165, 1.54) is 11.2 Å². The molecule has 0 radical (unpaired) electrons. The van der Waals surface area contributed by atoms with Gasteiger partial charge in [-0.3, -0.25) is 4.79 Å². The van der Waals surface area contributed by atoms with Gasteiger partial charge < -0.3 is 0 Å². The van der Waals surface area contributed by atoms with Gasteiger partial charge in [-0.15, -0.1) is 0 Å². The summed E-state index contributed by atoms with van der Waals surface area (Å²) in [4.78, 5) is 12.4. The van der Waals surface area contributed by atoms with Crippen LogP contribution >= 0.6 is 11.6 Å². The molecule has 0 unspecified atom stereocenters. The number of sulfone groups is 1. The Bertz CT molecular complexity index is 898. The van der Waals surface area contributed by atoms with Gasteiger partial charge in [0.05, 0.1) is 27.5 Å². The molecule has 0 aromatic heterocycles. The Hall–Kier alpha value is -1.66. The van der Waals surface area contributed by atoms with Crippen molar-refractivity contribution in [3.05, 3.63) is 34.4 Å². The Morgan fingerprint density at radius 2 is 2.00 bits per heavy atom. The third-order valence-electron chi connectivity index (χ3n) is 4.35. The average Bonchev–Trinajstić information content (AvgIpc) is 2.85. The van der Waals surface area contributed by atoms with Crippen LogP contribution in [-0.2, 0) is 20.0 Å². The van der Waals surface area contributed by atoms with Gasteiger partial charge in [0, 0.05) is 12.5 Å². The second-order valence-corrected chi connectivity index (χ2v) is 8.89. The van der Waals surface area contributed by atoms with Crippen LogP contribution in [0.4, 0.5) is 0 Å². The second kappa shape index (κ2) is 4.92. The fourth-order valence-corrected chi connectivity index (χ4v) is 5.97. The number of carbonyl (C=O) groups excluding carboxylic acids is 1. The molecule has 1 aromatic rings. The van der Waals surface area contributed by atoms with Gasteiger partial charge in [0.25, 0.3) is 5.91 Å². The third-order valence-corrected chi connectivity index (χ3v) is 6.87. The van der Waals surface area contributed by atoms with E-state index in [0.717, 1.165) is 11.1 Å². The fraction of sp³-hybridized carbons (Fsp3) is 0.375. The number of likely N-dealkylation sites (N-methyl/N-ethyl adjacent to an activating group) is 1. The summed E-state index contributed by atoms with van der Waals surface area (Å²) >= 11 is 6.44. The van der Waals surface area contributed by atoms with Crippen LogP contribution < -0.4 is 0 Å². The molecule has 0 N–H and O–H groups in total. The molecule has 2 aliphatic rings. The molecule has 3 rings (SSSR count). The largest absolute Gasteiger partial charge is 0.276 e. The summed E-state index contributed by atoms with van der Waals surface area (Å²) in [6.07, 6.45) is 1.43. The molecule has 23 heavy (non-hydrogen) atoms. The fourth-order valence-electron chi connectivity index (χ4n) is 3.37. The van der Waals surface area contributed by atoms with Gasteiger partial charge >= 0.3 is 0 Å². The highest BCUT2D eigenvalue weighted by Gasteiger charge is 2.42. The number of benzene rings is 1. The van der Waals surface area contributed by atoms with Gasteiger partial charge in [-0.05, 0) is 29.7 Å². The summed E-state index contributed by atoms with van der Waals surface area (Å²) < 4.78 is 24.7. The van der Waals surface area contributed by atoms with Crippen LogP contribution in [0.15, 0.2) is 27.7 Å². The molecule has 0 saturated carbocycles. The van der Waals surface area contributed by atoms with E-state index in [4.69, 9.17) is 11.6 Å². The Balaban J connectivity index is 2.25. The third kappa shape index (κ3) is 2.32. The van der Waals surface area contributed by atoms with E-state index in [0.29, 0.717) is 21.1 Å². The first-order chi connectivity index (χ1) is 10.6.